The number of rotatable bonds is 5. The summed E-state index contributed by atoms with van der Waals surface area (Å²) < 4.78 is 3.00. The Labute approximate surface area is 162 Å². The van der Waals surface area contributed by atoms with Gasteiger partial charge < -0.3 is 4.90 Å². The van der Waals surface area contributed by atoms with Crippen LogP contribution in [0.1, 0.15) is 37.6 Å². The van der Waals surface area contributed by atoms with Crippen molar-refractivity contribution >= 4 is 29.1 Å². The highest BCUT2D eigenvalue weighted by molar-refractivity contribution is 6.42. The normalized spacial score (nSPS) is 14.0. The Bertz CT molecular complexity index is 859. The van der Waals surface area contributed by atoms with Crippen LogP contribution >= 0.6 is 23.2 Å². The molecular weight excluding hydrogens is 375 g/mol. The standard InChI is InChI=1S/C18H22Cl2N4O2/c1-2-22(11-13-7-8-14(19)15(20)10-13)17(25)12-24-18(26)23-9-5-3-4-6-16(23)21-24/h7-8,10H,2-6,9,11-12H2,1H3. The van der Waals surface area contributed by atoms with Crippen LogP contribution in [0.25, 0.3) is 0 Å². The number of hydrogen-bond donors (Lipinski definition) is 0. The van der Waals surface area contributed by atoms with Crippen molar-refractivity contribution in [1.82, 2.24) is 19.2 Å². The molecule has 1 aromatic carbocycles. The molecule has 8 heteroatoms. The van der Waals surface area contributed by atoms with Crippen molar-refractivity contribution in [2.24, 2.45) is 0 Å². The van der Waals surface area contributed by atoms with Crippen molar-refractivity contribution in [1.29, 1.82) is 0 Å². The summed E-state index contributed by atoms with van der Waals surface area (Å²) in [6.07, 6.45) is 3.90. The Hall–Kier alpha value is -1.79. The zero-order chi connectivity index (χ0) is 18.7. The van der Waals surface area contributed by atoms with Gasteiger partial charge in [-0.05, 0) is 37.5 Å². The third kappa shape index (κ3) is 4.13. The molecule has 0 fully saturated rings. The van der Waals surface area contributed by atoms with Gasteiger partial charge in [0, 0.05) is 26.1 Å². The van der Waals surface area contributed by atoms with Gasteiger partial charge in [-0.25, -0.2) is 9.48 Å². The Morgan fingerprint density at radius 3 is 2.77 bits per heavy atom. The summed E-state index contributed by atoms with van der Waals surface area (Å²) in [5.41, 5.74) is 0.698. The van der Waals surface area contributed by atoms with Crippen LogP contribution in [0.2, 0.25) is 10.0 Å². The summed E-state index contributed by atoms with van der Waals surface area (Å²) in [6.45, 7) is 3.48. The minimum absolute atomic E-state index is 0.0476. The molecule has 0 saturated heterocycles. The van der Waals surface area contributed by atoms with Gasteiger partial charge in [-0.15, -0.1) is 0 Å². The molecule has 0 radical (unpaired) electrons. The van der Waals surface area contributed by atoms with Crippen molar-refractivity contribution in [3.8, 4) is 0 Å². The molecule has 0 unspecified atom stereocenters. The lowest BCUT2D eigenvalue weighted by Gasteiger charge is -2.21. The Balaban J connectivity index is 1.73. The van der Waals surface area contributed by atoms with Gasteiger partial charge in [0.1, 0.15) is 12.4 Å². The van der Waals surface area contributed by atoms with E-state index in [0.717, 1.165) is 37.1 Å². The molecule has 1 aliphatic heterocycles. The quantitative estimate of drug-likeness (QED) is 0.779. The molecule has 0 bridgehead atoms. The topological polar surface area (TPSA) is 60.1 Å². The third-order valence-electron chi connectivity index (χ3n) is 4.66. The molecule has 1 aliphatic rings. The highest BCUT2D eigenvalue weighted by Gasteiger charge is 2.20. The zero-order valence-electron chi connectivity index (χ0n) is 14.8. The lowest BCUT2D eigenvalue weighted by atomic mass is 10.2. The molecule has 140 valence electrons. The van der Waals surface area contributed by atoms with E-state index in [2.05, 4.69) is 5.10 Å². The van der Waals surface area contributed by atoms with E-state index in [4.69, 9.17) is 23.2 Å². The first-order valence-electron chi connectivity index (χ1n) is 8.87. The van der Waals surface area contributed by atoms with Crippen molar-refractivity contribution in [3.05, 3.63) is 50.1 Å². The van der Waals surface area contributed by atoms with Gasteiger partial charge in [-0.2, -0.15) is 5.10 Å². The fourth-order valence-corrected chi connectivity index (χ4v) is 3.51. The molecule has 2 aromatic rings. The zero-order valence-corrected chi connectivity index (χ0v) is 16.3. The maximum atomic E-state index is 12.7. The van der Waals surface area contributed by atoms with Crippen LogP contribution in [-0.2, 0) is 30.8 Å². The average Bonchev–Trinajstić information content (AvgIpc) is 2.78. The van der Waals surface area contributed by atoms with Crippen LogP contribution in [0.5, 0.6) is 0 Å². The summed E-state index contributed by atoms with van der Waals surface area (Å²) in [7, 11) is 0. The largest absolute Gasteiger partial charge is 0.346 e. The summed E-state index contributed by atoms with van der Waals surface area (Å²) >= 11 is 12.0. The van der Waals surface area contributed by atoms with Crippen LogP contribution in [0, 0.1) is 0 Å². The molecule has 1 amide bonds. The van der Waals surface area contributed by atoms with Crippen LogP contribution in [0.4, 0.5) is 0 Å². The average molecular weight is 397 g/mol. The summed E-state index contributed by atoms with van der Waals surface area (Å²) in [5, 5.41) is 5.32. The monoisotopic (exact) mass is 396 g/mol. The number of nitrogens with zero attached hydrogens (tertiary/aromatic N) is 4. The lowest BCUT2D eigenvalue weighted by Crippen LogP contribution is -2.37. The van der Waals surface area contributed by atoms with E-state index < -0.39 is 0 Å². The maximum absolute atomic E-state index is 12.7. The van der Waals surface area contributed by atoms with Crippen molar-refractivity contribution in [2.45, 2.75) is 52.2 Å². The molecule has 1 aromatic heterocycles. The Morgan fingerprint density at radius 2 is 2.04 bits per heavy atom. The second-order valence-electron chi connectivity index (χ2n) is 6.48. The first-order chi connectivity index (χ1) is 12.5. The predicted octanol–water partition coefficient (Wildman–Crippen LogP) is 3.13. The van der Waals surface area contributed by atoms with Gasteiger partial charge in [0.2, 0.25) is 5.91 Å². The van der Waals surface area contributed by atoms with Crippen LogP contribution in [0.3, 0.4) is 0 Å². The predicted molar refractivity (Wildman–Crippen MR) is 102 cm³/mol. The second kappa shape index (κ2) is 8.27. The molecule has 6 nitrogen and oxygen atoms in total. The molecule has 0 N–H and O–H groups in total. The molecule has 26 heavy (non-hydrogen) atoms. The van der Waals surface area contributed by atoms with Gasteiger partial charge in [0.05, 0.1) is 10.0 Å². The van der Waals surface area contributed by atoms with Gasteiger partial charge >= 0.3 is 5.69 Å². The first-order valence-corrected chi connectivity index (χ1v) is 9.63. The first kappa shape index (κ1) is 19.0. The fourth-order valence-electron chi connectivity index (χ4n) is 3.19. The molecule has 0 spiro atoms. The lowest BCUT2D eigenvalue weighted by molar-refractivity contribution is -0.132. The van der Waals surface area contributed by atoms with E-state index in [1.165, 1.54) is 4.68 Å². The number of fused-ring (bicyclic) bond motifs is 1. The SMILES string of the molecule is CCN(Cc1ccc(Cl)c(Cl)c1)C(=O)Cn1nc2n(c1=O)CCCCC2. The van der Waals surface area contributed by atoms with Gasteiger partial charge in [-0.1, -0.05) is 35.7 Å². The van der Waals surface area contributed by atoms with E-state index in [-0.39, 0.29) is 18.1 Å². The second-order valence-corrected chi connectivity index (χ2v) is 7.29. The number of amides is 1. The smallest absolute Gasteiger partial charge is 0.337 e. The maximum Gasteiger partial charge on any atom is 0.346 e. The Morgan fingerprint density at radius 1 is 1.23 bits per heavy atom. The third-order valence-corrected chi connectivity index (χ3v) is 5.40. The van der Waals surface area contributed by atoms with Crippen LogP contribution < -0.4 is 5.69 Å². The van der Waals surface area contributed by atoms with Gasteiger partial charge in [0.25, 0.3) is 0 Å². The number of benzene rings is 1. The van der Waals surface area contributed by atoms with Gasteiger partial charge in [0.15, 0.2) is 0 Å². The van der Waals surface area contributed by atoms with E-state index in [9.17, 15) is 9.59 Å². The van der Waals surface area contributed by atoms with E-state index in [1.807, 2.05) is 13.0 Å². The molecule has 0 saturated carbocycles. The van der Waals surface area contributed by atoms with Crippen molar-refractivity contribution in [2.75, 3.05) is 6.54 Å². The number of aryl methyl sites for hydroxylation is 1. The number of hydrogen-bond acceptors (Lipinski definition) is 3. The van der Waals surface area contributed by atoms with Crippen LogP contribution in [-0.4, -0.2) is 31.7 Å². The van der Waals surface area contributed by atoms with E-state index in [0.29, 0.717) is 29.7 Å². The highest BCUT2D eigenvalue weighted by atomic mass is 35.5. The summed E-state index contributed by atoms with van der Waals surface area (Å²) in [4.78, 5) is 26.9. The van der Waals surface area contributed by atoms with Crippen molar-refractivity contribution in [3.63, 3.8) is 0 Å². The molecule has 0 atom stereocenters. The highest BCUT2D eigenvalue weighted by Crippen LogP contribution is 2.23. The number of carbonyl (C=O) groups is 1. The molecule has 2 heterocycles. The van der Waals surface area contributed by atoms with E-state index in [1.54, 1.807) is 21.6 Å². The van der Waals surface area contributed by atoms with Crippen molar-refractivity contribution < 1.29 is 4.79 Å². The molecule has 3 rings (SSSR count). The number of halogens is 2. The van der Waals surface area contributed by atoms with Gasteiger partial charge in [-0.3, -0.25) is 9.36 Å². The number of carbonyl (C=O) groups excluding carboxylic acids is 1. The number of likely N-dealkylation sites (N-methyl/N-ethyl adjacent to an activating group) is 1. The number of aromatic nitrogens is 3. The molecule has 0 aliphatic carbocycles. The fraction of sp³-hybridized carbons (Fsp3) is 0.500. The Kier molecular flexibility index (Phi) is 6.04. The molecular formula is C18H22Cl2N4O2. The van der Waals surface area contributed by atoms with Crippen LogP contribution in [0.15, 0.2) is 23.0 Å². The minimum Gasteiger partial charge on any atom is -0.337 e. The summed E-state index contributed by atoms with van der Waals surface area (Å²) in [5.74, 6) is 0.641. The minimum atomic E-state index is -0.194. The van der Waals surface area contributed by atoms with E-state index >= 15 is 0 Å². The summed E-state index contributed by atoms with van der Waals surface area (Å²) in [6, 6.07) is 5.31.